The predicted octanol–water partition coefficient (Wildman–Crippen LogP) is 2.43. The van der Waals surface area contributed by atoms with Crippen LogP contribution in [-0.4, -0.2) is 74.4 Å². The van der Waals surface area contributed by atoms with Gasteiger partial charge in [0.1, 0.15) is 23.6 Å². The normalized spacial score (nSPS) is 18.7. The number of ether oxygens (including phenoxy) is 1. The highest BCUT2D eigenvalue weighted by Gasteiger charge is 2.42. The summed E-state index contributed by atoms with van der Waals surface area (Å²) in [6.45, 7) is 1.31. The first-order valence-corrected chi connectivity index (χ1v) is 10.8. The van der Waals surface area contributed by atoms with Crippen molar-refractivity contribution in [2.45, 2.75) is 37.9 Å². The molecule has 15 heteroatoms. The number of carbonyl (C=O) groups is 2. The summed E-state index contributed by atoms with van der Waals surface area (Å²) in [6, 6.07) is 0.698. The number of nitrogens with two attached hydrogens (primary N) is 1. The van der Waals surface area contributed by atoms with Crippen LogP contribution in [0.1, 0.15) is 31.1 Å². The molecule has 0 radical (unpaired) electrons. The van der Waals surface area contributed by atoms with E-state index >= 15 is 0 Å². The van der Waals surface area contributed by atoms with Crippen LogP contribution in [0.4, 0.5) is 27.8 Å². The van der Waals surface area contributed by atoms with E-state index in [0.29, 0.717) is 0 Å². The van der Waals surface area contributed by atoms with Crippen molar-refractivity contribution in [2.24, 2.45) is 0 Å². The third-order valence-electron chi connectivity index (χ3n) is 5.78. The van der Waals surface area contributed by atoms with Gasteiger partial charge in [0.2, 0.25) is 5.88 Å². The molecule has 4 rings (SSSR count). The number of carbonyl (C=O) groups excluding carboxylic acids is 2. The summed E-state index contributed by atoms with van der Waals surface area (Å²) >= 11 is 0. The van der Waals surface area contributed by atoms with Gasteiger partial charge in [0, 0.05) is 18.3 Å². The van der Waals surface area contributed by atoms with Crippen molar-refractivity contribution in [2.75, 3.05) is 25.9 Å². The number of methoxy groups -OCH3 is 1. The number of halogens is 5. The fourth-order valence-electron chi connectivity index (χ4n) is 4.05. The van der Waals surface area contributed by atoms with Crippen molar-refractivity contribution in [3.05, 3.63) is 35.8 Å². The van der Waals surface area contributed by atoms with E-state index in [1.165, 1.54) is 0 Å². The largest absolute Gasteiger partial charge is 0.480 e. The monoisotopic (exact) mass is 528 g/mol. The molecule has 0 spiro atoms. The van der Waals surface area contributed by atoms with Crippen LogP contribution in [0.15, 0.2) is 24.7 Å². The van der Waals surface area contributed by atoms with E-state index in [9.17, 15) is 31.5 Å². The van der Waals surface area contributed by atoms with Gasteiger partial charge in [-0.25, -0.2) is 23.3 Å². The van der Waals surface area contributed by atoms with Crippen molar-refractivity contribution in [3.63, 3.8) is 0 Å². The average molecular weight is 528 g/mol. The van der Waals surface area contributed by atoms with Gasteiger partial charge < -0.3 is 20.7 Å². The van der Waals surface area contributed by atoms with Crippen LogP contribution < -0.4 is 15.8 Å². The van der Waals surface area contributed by atoms with E-state index < -0.39 is 66.4 Å². The minimum absolute atomic E-state index is 0.00437. The third-order valence-corrected chi connectivity index (χ3v) is 5.78. The molecule has 0 bridgehead atoms. The lowest BCUT2D eigenvalue weighted by Gasteiger charge is -2.22. The maximum Gasteiger partial charge on any atom is 0.418 e. The number of fused-ring (bicyclic) bond motifs is 1. The second-order valence-corrected chi connectivity index (χ2v) is 8.85. The Balaban J connectivity index is 1.70. The van der Waals surface area contributed by atoms with Gasteiger partial charge in [-0.15, -0.1) is 0 Å². The number of likely N-dealkylation sites (tertiary alicyclic amines) is 1. The second-order valence-electron chi connectivity index (χ2n) is 8.85. The number of hydrogen-bond donors (Lipinski definition) is 2. The Morgan fingerprint density at radius 2 is 1.95 bits per heavy atom. The fraction of sp³-hybridized carbons (Fsp3) is 0.409. The van der Waals surface area contributed by atoms with Gasteiger partial charge in [-0.05, 0) is 26.0 Å². The molecule has 4 heterocycles. The Labute approximate surface area is 208 Å². The highest BCUT2D eigenvalue weighted by atomic mass is 19.4. The van der Waals surface area contributed by atoms with Crippen LogP contribution in [0.3, 0.4) is 0 Å². The van der Waals surface area contributed by atoms with E-state index in [4.69, 9.17) is 11.8 Å². The summed E-state index contributed by atoms with van der Waals surface area (Å²) in [7, 11) is -0.647. The topological polar surface area (TPSA) is 128 Å². The summed E-state index contributed by atoms with van der Waals surface area (Å²) < 4.78 is 83.0. The summed E-state index contributed by atoms with van der Waals surface area (Å²) in [5, 5.41) is 6.23. The van der Waals surface area contributed by atoms with E-state index in [-0.39, 0.29) is 29.2 Å². The number of pyridine rings is 1. The molecular weight excluding hydrogens is 505 g/mol. The highest BCUT2D eigenvalue weighted by Crippen LogP contribution is 2.39. The number of nitrogens with zero attached hydrogens (tertiary/aromatic N) is 5. The van der Waals surface area contributed by atoms with Crippen LogP contribution in [0, 0.1) is 0 Å². The summed E-state index contributed by atoms with van der Waals surface area (Å²) in [4.78, 5) is 33.8. The molecule has 198 valence electrons. The molecule has 1 saturated heterocycles. The molecule has 3 aromatic heterocycles. The van der Waals surface area contributed by atoms with Gasteiger partial charge in [-0.1, -0.05) is 0 Å². The van der Waals surface area contributed by atoms with Crippen molar-refractivity contribution < 1.29 is 37.6 Å². The number of amides is 2. The highest BCUT2D eigenvalue weighted by molar-refractivity contribution is 5.98. The minimum atomic E-state index is -4.81. The summed E-state index contributed by atoms with van der Waals surface area (Å²) in [5.74, 6) is -2.64. The zero-order chi connectivity index (χ0) is 28.0. The smallest absolute Gasteiger partial charge is 0.418 e. The molecule has 3 aromatic rings. The molecule has 2 amide bonds. The van der Waals surface area contributed by atoms with Crippen molar-refractivity contribution >= 4 is 23.1 Å². The lowest BCUT2D eigenvalue weighted by molar-refractivity contribution is -0.141. The van der Waals surface area contributed by atoms with Gasteiger partial charge in [-0.2, -0.15) is 18.3 Å². The van der Waals surface area contributed by atoms with E-state index in [2.05, 4.69) is 20.4 Å². The van der Waals surface area contributed by atoms with Crippen LogP contribution >= 0.6 is 0 Å². The Bertz CT molecular complexity index is 1390. The lowest BCUT2D eigenvalue weighted by Crippen LogP contribution is -2.44. The first-order chi connectivity index (χ1) is 17.7. The second kappa shape index (κ2) is 9.12. The fourth-order valence-corrected chi connectivity index (χ4v) is 4.05. The number of aromatic nitrogens is 4. The van der Waals surface area contributed by atoms with Crippen LogP contribution in [0.25, 0.3) is 16.8 Å². The van der Waals surface area contributed by atoms with Crippen LogP contribution in [0.5, 0.6) is 5.88 Å². The first kappa shape index (κ1) is 24.6. The van der Waals surface area contributed by atoms with Gasteiger partial charge >= 0.3 is 6.18 Å². The maximum atomic E-state index is 14.6. The number of rotatable bonds is 5. The van der Waals surface area contributed by atoms with Gasteiger partial charge in [0.25, 0.3) is 11.8 Å². The molecule has 0 saturated carbocycles. The number of hydrogen-bond acceptors (Lipinski definition) is 7. The minimum Gasteiger partial charge on any atom is -0.480 e. The average Bonchev–Trinajstić information content (AvgIpc) is 3.40. The molecule has 0 aromatic carbocycles. The summed E-state index contributed by atoms with van der Waals surface area (Å²) in [6.07, 6.45) is -4.46. The number of nitrogens with one attached hydrogen (secondary N) is 1. The SMILES string of the molecule is [2H]COc1ncc(-c2cc(C(F)(F)F)c3c(N)ncnn23)cc1C(=O)N[C@@H]1CN(C(=O)C(C)(C)F)C[C@@H]1F. The van der Waals surface area contributed by atoms with Gasteiger partial charge in [0.05, 0.1) is 32.3 Å². The van der Waals surface area contributed by atoms with E-state index in [0.717, 1.165) is 47.9 Å². The Kier molecular flexibility index (Phi) is 6.07. The van der Waals surface area contributed by atoms with Gasteiger partial charge in [-0.3, -0.25) is 9.59 Å². The number of nitrogen functional groups attached to an aromatic ring is 1. The predicted molar refractivity (Wildman–Crippen MR) is 120 cm³/mol. The third kappa shape index (κ3) is 4.84. The van der Waals surface area contributed by atoms with E-state index in [1.54, 1.807) is 0 Å². The Hall–Kier alpha value is -4.04. The van der Waals surface area contributed by atoms with Gasteiger partial charge in [0.15, 0.2) is 11.5 Å². The molecule has 1 aliphatic heterocycles. The molecule has 2 atom stereocenters. The molecule has 1 fully saturated rings. The molecule has 10 nitrogen and oxygen atoms in total. The van der Waals surface area contributed by atoms with E-state index in [1.807, 2.05) is 0 Å². The first-order valence-electron chi connectivity index (χ1n) is 11.5. The molecular formula is C22H22F5N7O3. The molecule has 0 unspecified atom stereocenters. The number of alkyl halides is 5. The molecule has 0 aliphatic carbocycles. The molecule has 37 heavy (non-hydrogen) atoms. The zero-order valence-corrected chi connectivity index (χ0v) is 19.5. The standard InChI is InChI=1S/C22H22F5N7O3/c1-21(2,24)20(36)33-7-13(23)14(8-33)32-18(35)11-4-10(6-29-19(11)37-3)15-5-12(22(25,26)27)16-17(28)30-9-31-34(15)16/h4-6,9,13-14H,7-8H2,1-3H3,(H,32,35)(H2,28,30,31)/t13-,14+/m0/s1/i3D. The van der Waals surface area contributed by atoms with Crippen molar-refractivity contribution in [3.8, 4) is 17.1 Å². The molecule has 3 N–H and O–H groups in total. The molecule has 1 aliphatic rings. The Morgan fingerprint density at radius 1 is 1.22 bits per heavy atom. The Morgan fingerprint density at radius 3 is 2.59 bits per heavy atom. The number of anilines is 1. The maximum absolute atomic E-state index is 14.6. The van der Waals surface area contributed by atoms with Crippen LogP contribution in [-0.2, 0) is 11.0 Å². The lowest BCUT2D eigenvalue weighted by atomic mass is 10.1. The van der Waals surface area contributed by atoms with Crippen molar-refractivity contribution in [1.29, 1.82) is 0 Å². The zero-order valence-electron chi connectivity index (χ0n) is 20.5. The van der Waals surface area contributed by atoms with Crippen LogP contribution in [0.2, 0.25) is 0 Å². The summed E-state index contributed by atoms with van der Waals surface area (Å²) in [5.41, 5.74) is 1.36. The quantitative estimate of drug-likeness (QED) is 0.487. The van der Waals surface area contributed by atoms with Crippen molar-refractivity contribution in [1.82, 2.24) is 29.8 Å².